The molecule has 0 aliphatic heterocycles. The summed E-state index contributed by atoms with van der Waals surface area (Å²) < 4.78 is 6.86. The molecule has 0 spiro atoms. The molecule has 0 saturated heterocycles. The van der Waals surface area contributed by atoms with Gasteiger partial charge in [0.05, 0.1) is 12.3 Å². The summed E-state index contributed by atoms with van der Waals surface area (Å²) in [6, 6.07) is 2.17. The molecule has 2 aromatic rings. The highest BCUT2D eigenvalue weighted by Gasteiger charge is 2.08. The summed E-state index contributed by atoms with van der Waals surface area (Å²) in [4.78, 5) is 12.5. The number of anilines is 1. The van der Waals surface area contributed by atoms with Crippen LogP contribution in [0, 0.1) is 6.92 Å². The van der Waals surface area contributed by atoms with Crippen LogP contribution in [0.4, 0.5) is 5.95 Å². The molecular weight excluding hydrogens is 220 g/mol. The molecular formula is C10H14N6O. The Morgan fingerprint density at radius 2 is 2.18 bits per heavy atom. The van der Waals surface area contributed by atoms with Gasteiger partial charge in [-0.25, -0.2) is 4.68 Å². The highest BCUT2D eigenvalue weighted by molar-refractivity contribution is 5.29. The van der Waals surface area contributed by atoms with E-state index in [-0.39, 0.29) is 6.01 Å². The van der Waals surface area contributed by atoms with Crippen molar-refractivity contribution < 1.29 is 4.74 Å². The second-order valence-corrected chi connectivity index (χ2v) is 3.33. The van der Waals surface area contributed by atoms with E-state index in [9.17, 15) is 0 Å². The maximum Gasteiger partial charge on any atom is 0.323 e. The lowest BCUT2D eigenvalue weighted by atomic mass is 10.5. The molecule has 0 radical (unpaired) electrons. The van der Waals surface area contributed by atoms with Crippen LogP contribution in [0.25, 0.3) is 5.95 Å². The van der Waals surface area contributed by atoms with Crippen LogP contribution in [0.3, 0.4) is 0 Å². The molecule has 90 valence electrons. The molecule has 0 saturated carbocycles. The molecule has 2 heterocycles. The van der Waals surface area contributed by atoms with E-state index in [4.69, 9.17) is 4.74 Å². The Morgan fingerprint density at radius 3 is 2.76 bits per heavy atom. The Morgan fingerprint density at radius 1 is 1.35 bits per heavy atom. The number of hydrogen-bond donors (Lipinski definition) is 1. The van der Waals surface area contributed by atoms with E-state index in [2.05, 4.69) is 25.4 Å². The van der Waals surface area contributed by atoms with E-state index < -0.39 is 0 Å². The standard InChI is InChI=1S/C10H14N6O/c1-4-17-10-13-8(11-3)12-9(14-10)16-6-5-7(2)15-16/h5-6H,4H2,1-3H3,(H,11,12,13,14). The van der Waals surface area contributed by atoms with Crippen molar-refractivity contribution in [2.24, 2.45) is 0 Å². The van der Waals surface area contributed by atoms with Crippen molar-refractivity contribution in [2.45, 2.75) is 13.8 Å². The minimum absolute atomic E-state index is 0.287. The number of nitrogens with one attached hydrogen (secondary N) is 1. The molecule has 2 aromatic heterocycles. The number of nitrogens with zero attached hydrogens (tertiary/aromatic N) is 5. The van der Waals surface area contributed by atoms with Crippen LogP contribution in [0.2, 0.25) is 0 Å². The average Bonchev–Trinajstić information content (AvgIpc) is 2.76. The second-order valence-electron chi connectivity index (χ2n) is 3.33. The molecule has 0 bridgehead atoms. The Kier molecular flexibility index (Phi) is 3.17. The SMILES string of the molecule is CCOc1nc(NC)nc(-n2ccc(C)n2)n1. The molecule has 7 heteroatoms. The first-order valence-electron chi connectivity index (χ1n) is 5.32. The van der Waals surface area contributed by atoms with Gasteiger partial charge in [-0.3, -0.25) is 0 Å². The van der Waals surface area contributed by atoms with Crippen LogP contribution in [0.1, 0.15) is 12.6 Å². The summed E-state index contributed by atoms with van der Waals surface area (Å²) in [5, 5.41) is 7.10. The molecule has 1 N–H and O–H groups in total. The zero-order chi connectivity index (χ0) is 12.3. The van der Waals surface area contributed by atoms with Gasteiger partial charge in [0.2, 0.25) is 5.95 Å². The van der Waals surface area contributed by atoms with E-state index in [1.807, 2.05) is 19.9 Å². The fourth-order valence-corrected chi connectivity index (χ4v) is 1.28. The van der Waals surface area contributed by atoms with Gasteiger partial charge in [-0.05, 0) is 19.9 Å². The van der Waals surface area contributed by atoms with Gasteiger partial charge in [0.15, 0.2) is 0 Å². The number of ether oxygens (including phenoxy) is 1. The lowest BCUT2D eigenvalue weighted by molar-refractivity contribution is 0.311. The van der Waals surface area contributed by atoms with Crippen LogP contribution in [0.15, 0.2) is 12.3 Å². The molecule has 7 nitrogen and oxygen atoms in total. The summed E-state index contributed by atoms with van der Waals surface area (Å²) in [7, 11) is 1.74. The van der Waals surface area contributed by atoms with Gasteiger partial charge in [-0.2, -0.15) is 20.1 Å². The molecule has 17 heavy (non-hydrogen) atoms. The molecule has 0 aliphatic rings. The van der Waals surface area contributed by atoms with Gasteiger partial charge in [-0.15, -0.1) is 0 Å². The van der Waals surface area contributed by atoms with Crippen LogP contribution >= 0.6 is 0 Å². The van der Waals surface area contributed by atoms with Crippen LogP contribution < -0.4 is 10.1 Å². The Labute approximate surface area is 98.9 Å². The van der Waals surface area contributed by atoms with Crippen LogP contribution in [-0.2, 0) is 0 Å². The number of aryl methyl sites for hydroxylation is 1. The summed E-state index contributed by atoms with van der Waals surface area (Å²) >= 11 is 0. The third kappa shape index (κ3) is 2.49. The number of hydrogen-bond acceptors (Lipinski definition) is 6. The van der Waals surface area contributed by atoms with E-state index in [1.54, 1.807) is 17.9 Å². The van der Waals surface area contributed by atoms with Gasteiger partial charge in [0, 0.05) is 13.2 Å². The fraction of sp³-hybridized carbons (Fsp3) is 0.400. The van der Waals surface area contributed by atoms with E-state index >= 15 is 0 Å². The van der Waals surface area contributed by atoms with Gasteiger partial charge >= 0.3 is 6.01 Å². The maximum absolute atomic E-state index is 5.27. The van der Waals surface area contributed by atoms with Gasteiger partial charge < -0.3 is 10.1 Å². The van der Waals surface area contributed by atoms with Crippen LogP contribution in [-0.4, -0.2) is 38.4 Å². The molecule has 0 amide bonds. The molecule has 0 fully saturated rings. The Balaban J connectivity index is 2.42. The van der Waals surface area contributed by atoms with Gasteiger partial charge in [-0.1, -0.05) is 0 Å². The second kappa shape index (κ2) is 4.77. The van der Waals surface area contributed by atoms with Crippen molar-refractivity contribution >= 4 is 5.95 Å². The molecule has 2 rings (SSSR count). The van der Waals surface area contributed by atoms with Crippen molar-refractivity contribution in [3.05, 3.63) is 18.0 Å². The van der Waals surface area contributed by atoms with Crippen molar-refractivity contribution in [2.75, 3.05) is 19.0 Å². The van der Waals surface area contributed by atoms with E-state index in [0.29, 0.717) is 18.5 Å². The third-order valence-corrected chi connectivity index (χ3v) is 2.03. The Bertz CT molecular complexity index is 509. The summed E-state index contributed by atoms with van der Waals surface area (Å²) in [6.07, 6.45) is 1.79. The first kappa shape index (κ1) is 11.3. The molecule has 0 atom stereocenters. The first-order valence-corrected chi connectivity index (χ1v) is 5.32. The normalized spacial score (nSPS) is 10.3. The minimum atomic E-state index is 0.287. The van der Waals surface area contributed by atoms with Crippen molar-refractivity contribution in [1.29, 1.82) is 0 Å². The molecule has 0 aromatic carbocycles. The number of rotatable bonds is 4. The van der Waals surface area contributed by atoms with Crippen molar-refractivity contribution in [3.63, 3.8) is 0 Å². The van der Waals surface area contributed by atoms with Crippen molar-refractivity contribution in [3.8, 4) is 12.0 Å². The lowest BCUT2D eigenvalue weighted by Gasteiger charge is -2.06. The van der Waals surface area contributed by atoms with E-state index in [0.717, 1.165) is 5.69 Å². The van der Waals surface area contributed by atoms with Crippen molar-refractivity contribution in [1.82, 2.24) is 24.7 Å². The largest absolute Gasteiger partial charge is 0.464 e. The maximum atomic E-state index is 5.27. The third-order valence-electron chi connectivity index (χ3n) is 2.03. The predicted octanol–water partition coefficient (Wildman–Crippen LogP) is 0.806. The first-order chi connectivity index (χ1) is 8.22. The molecule has 0 aliphatic carbocycles. The fourth-order valence-electron chi connectivity index (χ4n) is 1.28. The number of aromatic nitrogens is 5. The monoisotopic (exact) mass is 234 g/mol. The zero-order valence-corrected chi connectivity index (χ0v) is 10.0. The zero-order valence-electron chi connectivity index (χ0n) is 10.0. The average molecular weight is 234 g/mol. The van der Waals surface area contributed by atoms with Gasteiger partial charge in [0.1, 0.15) is 0 Å². The molecule has 0 unspecified atom stereocenters. The predicted molar refractivity (Wildman–Crippen MR) is 62.4 cm³/mol. The highest BCUT2D eigenvalue weighted by Crippen LogP contribution is 2.10. The summed E-state index contributed by atoms with van der Waals surface area (Å²) in [5.41, 5.74) is 0.898. The Hall–Kier alpha value is -2.18. The minimum Gasteiger partial charge on any atom is -0.464 e. The summed E-state index contributed by atoms with van der Waals surface area (Å²) in [6.45, 7) is 4.28. The topological polar surface area (TPSA) is 77.8 Å². The quantitative estimate of drug-likeness (QED) is 0.843. The lowest BCUT2D eigenvalue weighted by Crippen LogP contribution is -2.09. The smallest absolute Gasteiger partial charge is 0.323 e. The van der Waals surface area contributed by atoms with Gasteiger partial charge in [0.25, 0.3) is 5.95 Å². The highest BCUT2D eigenvalue weighted by atomic mass is 16.5. The van der Waals surface area contributed by atoms with E-state index in [1.165, 1.54) is 0 Å². The van der Waals surface area contributed by atoms with Crippen LogP contribution in [0.5, 0.6) is 6.01 Å². The summed E-state index contributed by atoms with van der Waals surface area (Å²) in [5.74, 6) is 0.882.